The SMILES string of the molecule is CC1CCCCC1(c1ccc(O)c(-c2ccccc2)c1)c1ccc(O)c(-c2ccccc2)c1.CCc1cc(C2(c3cc(CC)c(O)c(CC)c3)CCCCC2C)cc(CC)c1O. The van der Waals surface area contributed by atoms with Crippen molar-refractivity contribution in [1.82, 2.24) is 0 Å². The highest BCUT2D eigenvalue weighted by molar-refractivity contribution is 5.74. The van der Waals surface area contributed by atoms with E-state index in [1.807, 2.05) is 72.8 Å². The van der Waals surface area contributed by atoms with E-state index >= 15 is 0 Å². The van der Waals surface area contributed by atoms with E-state index in [4.69, 9.17) is 0 Å². The van der Waals surface area contributed by atoms with E-state index in [1.54, 1.807) is 0 Å². The number of hydrogen-bond acceptors (Lipinski definition) is 4. The number of benzene rings is 6. The van der Waals surface area contributed by atoms with Crippen molar-refractivity contribution in [3.05, 3.63) is 166 Å². The van der Waals surface area contributed by atoms with Gasteiger partial charge in [-0.25, -0.2) is 0 Å². The maximum absolute atomic E-state index is 10.7. The molecular weight excluding hydrogens is 761 g/mol. The number of aryl methyl sites for hydroxylation is 4. The summed E-state index contributed by atoms with van der Waals surface area (Å²) in [6, 6.07) is 41.5. The summed E-state index contributed by atoms with van der Waals surface area (Å²) in [6.07, 6.45) is 12.8. The van der Waals surface area contributed by atoms with Crippen molar-refractivity contribution in [1.29, 1.82) is 0 Å². The third-order valence-electron chi connectivity index (χ3n) is 14.9. The molecule has 0 radical (unpaired) electrons. The van der Waals surface area contributed by atoms with Gasteiger partial charge in [0.05, 0.1) is 0 Å². The predicted molar refractivity (Wildman–Crippen MR) is 258 cm³/mol. The van der Waals surface area contributed by atoms with Crippen molar-refractivity contribution in [2.45, 2.75) is 129 Å². The molecular formula is C58H68O4. The summed E-state index contributed by atoms with van der Waals surface area (Å²) in [4.78, 5) is 0. The molecule has 4 N–H and O–H groups in total. The van der Waals surface area contributed by atoms with Gasteiger partial charge in [-0.2, -0.15) is 0 Å². The Labute approximate surface area is 371 Å². The Morgan fingerprint density at radius 3 is 1.08 bits per heavy atom. The van der Waals surface area contributed by atoms with Gasteiger partial charge < -0.3 is 20.4 Å². The average Bonchev–Trinajstić information content (AvgIpc) is 3.31. The zero-order valence-electron chi connectivity index (χ0n) is 38.0. The summed E-state index contributed by atoms with van der Waals surface area (Å²) in [5.41, 5.74) is 12.9. The summed E-state index contributed by atoms with van der Waals surface area (Å²) < 4.78 is 0. The highest BCUT2D eigenvalue weighted by Crippen LogP contribution is 2.53. The molecule has 6 aromatic carbocycles. The van der Waals surface area contributed by atoms with Crippen LogP contribution in [0, 0.1) is 11.8 Å². The molecule has 2 aliphatic rings. The first-order valence-corrected chi connectivity index (χ1v) is 23.5. The molecule has 2 atom stereocenters. The van der Waals surface area contributed by atoms with Crippen molar-refractivity contribution < 1.29 is 20.4 Å². The Balaban J connectivity index is 0.000000188. The van der Waals surface area contributed by atoms with Crippen LogP contribution in [-0.4, -0.2) is 20.4 Å². The van der Waals surface area contributed by atoms with Gasteiger partial charge in [0.2, 0.25) is 0 Å². The van der Waals surface area contributed by atoms with Crippen LogP contribution >= 0.6 is 0 Å². The normalized spacial score (nSPS) is 18.1. The second kappa shape index (κ2) is 19.3. The van der Waals surface area contributed by atoms with Crippen LogP contribution in [-0.2, 0) is 36.5 Å². The molecule has 2 fully saturated rings. The van der Waals surface area contributed by atoms with Crippen molar-refractivity contribution in [2.75, 3.05) is 0 Å². The lowest BCUT2D eigenvalue weighted by molar-refractivity contribution is 0.243. The fraction of sp³-hybridized carbons (Fsp3) is 0.379. The fourth-order valence-corrected chi connectivity index (χ4v) is 11.2. The summed E-state index contributed by atoms with van der Waals surface area (Å²) in [7, 11) is 0. The third-order valence-corrected chi connectivity index (χ3v) is 14.9. The molecule has 0 bridgehead atoms. The highest BCUT2D eigenvalue weighted by Gasteiger charge is 2.43. The maximum Gasteiger partial charge on any atom is 0.123 e. The lowest BCUT2D eigenvalue weighted by atomic mass is 9.59. The van der Waals surface area contributed by atoms with Crippen LogP contribution in [0.3, 0.4) is 0 Å². The first kappa shape index (κ1) is 44.6. The van der Waals surface area contributed by atoms with Gasteiger partial charge in [-0.1, -0.05) is 164 Å². The second-order valence-corrected chi connectivity index (χ2v) is 18.1. The van der Waals surface area contributed by atoms with Crippen LogP contribution in [0.5, 0.6) is 23.0 Å². The minimum absolute atomic E-state index is 0.0542. The minimum atomic E-state index is -0.174. The van der Waals surface area contributed by atoms with E-state index < -0.39 is 0 Å². The molecule has 0 amide bonds. The van der Waals surface area contributed by atoms with E-state index in [-0.39, 0.29) is 10.8 Å². The van der Waals surface area contributed by atoms with Gasteiger partial charge in [0.25, 0.3) is 0 Å². The third kappa shape index (κ3) is 8.38. The second-order valence-electron chi connectivity index (χ2n) is 18.1. The molecule has 2 saturated carbocycles. The monoisotopic (exact) mass is 829 g/mol. The fourth-order valence-electron chi connectivity index (χ4n) is 11.2. The van der Waals surface area contributed by atoms with E-state index in [2.05, 4.69) is 90.1 Å². The standard InChI is InChI=1S/C31H30O2.C27H38O2/c1-22-10-8-9-19-31(22,25-15-17-29(32)27(20-25)23-11-4-2-5-12-23)26-16-18-30(33)28(21-26)24-13-6-3-7-14-24;1-6-19-14-23(15-20(7-2)25(19)28)27(13-11-10-12-18(27)5)24-16-21(8-3)26(29)22(9-4)17-24/h2-7,11-18,20-22,32-33H,8-10,19H2,1H3;14-18,28-29H,6-13H2,1-5H3. The van der Waals surface area contributed by atoms with Crippen LogP contribution in [0.25, 0.3) is 22.3 Å². The first-order chi connectivity index (χ1) is 30.0. The smallest absolute Gasteiger partial charge is 0.123 e. The Morgan fingerprint density at radius 1 is 0.419 bits per heavy atom. The molecule has 4 heteroatoms. The molecule has 4 nitrogen and oxygen atoms in total. The Hall–Kier alpha value is -5.48. The van der Waals surface area contributed by atoms with Gasteiger partial charge in [0.1, 0.15) is 23.0 Å². The number of rotatable bonds is 10. The van der Waals surface area contributed by atoms with Crippen molar-refractivity contribution >= 4 is 0 Å². The molecule has 0 heterocycles. The number of phenolic OH excluding ortho intramolecular Hbond substituents is 4. The quantitative estimate of drug-likeness (QED) is 0.111. The molecule has 0 spiro atoms. The molecule has 0 saturated heterocycles. The number of aromatic hydroxyl groups is 4. The number of hydrogen-bond donors (Lipinski definition) is 4. The van der Waals surface area contributed by atoms with Gasteiger partial charge in [0, 0.05) is 22.0 Å². The molecule has 0 aliphatic heterocycles. The van der Waals surface area contributed by atoms with E-state index in [0.717, 1.165) is 95.9 Å². The van der Waals surface area contributed by atoms with Gasteiger partial charge >= 0.3 is 0 Å². The molecule has 0 aromatic heterocycles. The molecule has 62 heavy (non-hydrogen) atoms. The van der Waals surface area contributed by atoms with Crippen LogP contribution in [0.1, 0.15) is 137 Å². The molecule has 8 rings (SSSR count). The van der Waals surface area contributed by atoms with Crippen molar-refractivity contribution in [3.63, 3.8) is 0 Å². The van der Waals surface area contributed by atoms with E-state index in [1.165, 1.54) is 47.9 Å². The molecule has 2 aliphatic carbocycles. The summed E-state index contributed by atoms with van der Waals surface area (Å²) in [5, 5.41) is 42.8. The first-order valence-electron chi connectivity index (χ1n) is 23.5. The maximum atomic E-state index is 10.7. The minimum Gasteiger partial charge on any atom is -0.507 e. The predicted octanol–water partition coefficient (Wildman–Crippen LogP) is 14.8. The van der Waals surface area contributed by atoms with Gasteiger partial charge in [-0.15, -0.1) is 0 Å². The van der Waals surface area contributed by atoms with Crippen LogP contribution < -0.4 is 0 Å². The lowest BCUT2D eigenvalue weighted by Crippen LogP contribution is -2.38. The van der Waals surface area contributed by atoms with Crippen molar-refractivity contribution in [3.8, 4) is 45.3 Å². The van der Waals surface area contributed by atoms with E-state index in [0.29, 0.717) is 34.8 Å². The van der Waals surface area contributed by atoms with Crippen LogP contribution in [0.4, 0.5) is 0 Å². The van der Waals surface area contributed by atoms with Gasteiger partial charge in [0.15, 0.2) is 0 Å². The van der Waals surface area contributed by atoms with Gasteiger partial charge in [-0.05, 0) is 143 Å². The summed E-state index contributed by atoms with van der Waals surface area (Å²) in [5.74, 6) is 2.53. The zero-order chi connectivity index (χ0) is 44.0. The largest absolute Gasteiger partial charge is 0.507 e. The van der Waals surface area contributed by atoms with Gasteiger partial charge in [-0.3, -0.25) is 0 Å². The molecule has 324 valence electrons. The molecule has 6 aromatic rings. The summed E-state index contributed by atoms with van der Waals surface area (Å²) in [6.45, 7) is 13.2. The Bertz CT molecular complexity index is 2250. The topological polar surface area (TPSA) is 80.9 Å². The average molecular weight is 829 g/mol. The molecule has 2 unspecified atom stereocenters. The number of phenols is 4. The van der Waals surface area contributed by atoms with Crippen LogP contribution in [0.2, 0.25) is 0 Å². The zero-order valence-corrected chi connectivity index (χ0v) is 38.0. The lowest BCUT2D eigenvalue weighted by Gasteiger charge is -2.45. The van der Waals surface area contributed by atoms with Crippen molar-refractivity contribution in [2.24, 2.45) is 11.8 Å². The van der Waals surface area contributed by atoms with E-state index in [9.17, 15) is 20.4 Å². The van der Waals surface area contributed by atoms with Crippen LogP contribution in [0.15, 0.2) is 121 Å². The Kier molecular flexibility index (Phi) is 13.9. The Morgan fingerprint density at radius 2 is 0.758 bits per heavy atom. The summed E-state index contributed by atoms with van der Waals surface area (Å²) >= 11 is 0. The highest BCUT2D eigenvalue weighted by atomic mass is 16.3.